The summed E-state index contributed by atoms with van der Waals surface area (Å²) >= 11 is 0. The van der Waals surface area contributed by atoms with Gasteiger partial charge in [0, 0.05) is 32.6 Å². The van der Waals surface area contributed by atoms with E-state index in [9.17, 15) is 14.9 Å². The fourth-order valence-corrected chi connectivity index (χ4v) is 1.96. The molecule has 0 aromatic heterocycles. The van der Waals surface area contributed by atoms with Gasteiger partial charge in [0.2, 0.25) is 5.91 Å². The Morgan fingerprint density at radius 1 is 1.28 bits per heavy atom. The van der Waals surface area contributed by atoms with Gasteiger partial charge in [0.05, 0.1) is 6.61 Å². The Balaban J connectivity index is 2.05. The molecule has 0 spiro atoms. The first-order valence-electron chi connectivity index (χ1n) is 6.20. The highest BCUT2D eigenvalue weighted by Gasteiger charge is 2.19. The van der Waals surface area contributed by atoms with Crippen LogP contribution in [-0.2, 0) is 9.63 Å². The maximum Gasteiger partial charge on any atom is 0.294 e. The van der Waals surface area contributed by atoms with E-state index in [2.05, 4.69) is 16.7 Å². The third-order valence-corrected chi connectivity index (χ3v) is 3.00. The lowest BCUT2D eigenvalue weighted by molar-refractivity contribution is -0.757. The minimum atomic E-state index is -0.761. The molecule has 7 heteroatoms. The number of unbranched alkanes of at least 4 members (excludes halogenated alkanes) is 1. The molecule has 0 aromatic rings. The highest BCUT2D eigenvalue weighted by atomic mass is 16.9. The standard InChI is InChI=1S/C11H20N3O4/c1-2-11(15)13-8-6-12(7-9-13)5-3-4-10-18-14(16)17/h1-10H2. The van der Waals surface area contributed by atoms with E-state index >= 15 is 0 Å². The van der Waals surface area contributed by atoms with Crippen LogP contribution in [0.1, 0.15) is 19.3 Å². The lowest BCUT2D eigenvalue weighted by Crippen LogP contribution is -2.48. The van der Waals surface area contributed by atoms with E-state index < -0.39 is 5.09 Å². The minimum absolute atomic E-state index is 0.106. The molecule has 18 heavy (non-hydrogen) atoms. The van der Waals surface area contributed by atoms with Crippen LogP contribution in [0.4, 0.5) is 0 Å². The number of hydrogen-bond donors (Lipinski definition) is 0. The highest BCUT2D eigenvalue weighted by Crippen LogP contribution is 2.05. The Kier molecular flexibility index (Phi) is 6.42. The van der Waals surface area contributed by atoms with Gasteiger partial charge >= 0.3 is 0 Å². The Morgan fingerprint density at radius 2 is 1.94 bits per heavy atom. The molecule has 1 saturated heterocycles. The molecule has 1 fully saturated rings. The van der Waals surface area contributed by atoms with Gasteiger partial charge in [0.25, 0.3) is 5.09 Å². The monoisotopic (exact) mass is 258 g/mol. The first-order valence-corrected chi connectivity index (χ1v) is 6.20. The van der Waals surface area contributed by atoms with E-state index in [0.717, 1.165) is 39.1 Å². The summed E-state index contributed by atoms with van der Waals surface area (Å²) in [4.78, 5) is 29.7. The van der Waals surface area contributed by atoms with Crippen LogP contribution < -0.4 is 0 Å². The Hall–Kier alpha value is -1.37. The second-order valence-electron chi connectivity index (χ2n) is 4.24. The largest absolute Gasteiger partial charge is 0.340 e. The fourth-order valence-electron chi connectivity index (χ4n) is 1.96. The van der Waals surface area contributed by atoms with Gasteiger partial charge < -0.3 is 9.74 Å². The average Bonchev–Trinajstić information content (AvgIpc) is 2.38. The molecule has 7 nitrogen and oxygen atoms in total. The van der Waals surface area contributed by atoms with E-state index in [1.165, 1.54) is 0 Å². The summed E-state index contributed by atoms with van der Waals surface area (Å²) in [5.41, 5.74) is 0. The van der Waals surface area contributed by atoms with Gasteiger partial charge in [0.1, 0.15) is 0 Å². The maximum absolute atomic E-state index is 11.4. The molecular weight excluding hydrogens is 238 g/mol. The zero-order valence-electron chi connectivity index (χ0n) is 10.5. The lowest BCUT2D eigenvalue weighted by atomic mass is 10.2. The Morgan fingerprint density at radius 3 is 2.50 bits per heavy atom. The first kappa shape index (κ1) is 14.7. The van der Waals surface area contributed by atoms with Gasteiger partial charge in [-0.1, -0.05) is 0 Å². The van der Waals surface area contributed by atoms with Crippen LogP contribution in [-0.4, -0.2) is 60.1 Å². The molecule has 1 aliphatic heterocycles. The molecule has 0 unspecified atom stereocenters. The Bertz CT molecular complexity index is 277. The summed E-state index contributed by atoms with van der Waals surface area (Å²) in [5, 5.41) is 9.16. The molecule has 1 radical (unpaired) electrons. The number of nitrogens with zero attached hydrogens (tertiary/aromatic N) is 3. The lowest BCUT2D eigenvalue weighted by Gasteiger charge is -2.34. The number of hydrogen-bond acceptors (Lipinski definition) is 5. The third-order valence-electron chi connectivity index (χ3n) is 3.00. The molecule has 0 aliphatic carbocycles. The number of carbonyl (C=O) groups is 1. The molecule has 0 atom stereocenters. The molecule has 103 valence electrons. The first-order chi connectivity index (χ1) is 8.63. The average molecular weight is 258 g/mol. The van der Waals surface area contributed by atoms with Crippen LogP contribution in [0.3, 0.4) is 0 Å². The zero-order valence-corrected chi connectivity index (χ0v) is 10.5. The van der Waals surface area contributed by atoms with Crippen LogP contribution in [0.5, 0.6) is 0 Å². The van der Waals surface area contributed by atoms with Crippen molar-refractivity contribution < 1.29 is 14.7 Å². The van der Waals surface area contributed by atoms with E-state index in [1.54, 1.807) is 0 Å². The van der Waals surface area contributed by atoms with Crippen molar-refractivity contribution in [2.24, 2.45) is 0 Å². The number of piperazine rings is 1. The predicted molar refractivity (Wildman–Crippen MR) is 65.2 cm³/mol. The van der Waals surface area contributed by atoms with Gasteiger partial charge in [-0.25, -0.2) is 0 Å². The number of carbonyl (C=O) groups excluding carboxylic acids is 1. The number of rotatable bonds is 7. The van der Waals surface area contributed by atoms with Crippen molar-refractivity contribution in [1.82, 2.24) is 9.80 Å². The van der Waals surface area contributed by atoms with Crippen LogP contribution in [0, 0.1) is 17.0 Å². The SMILES string of the molecule is [CH2]CC(=O)N1CCN(CCCCO[N+](=O)[O-])CC1. The molecule has 0 saturated carbocycles. The summed E-state index contributed by atoms with van der Waals surface area (Å²) in [6.07, 6.45) is 1.87. The number of amides is 1. The molecule has 1 aliphatic rings. The molecule has 0 N–H and O–H groups in total. The Labute approximate surface area is 107 Å². The van der Waals surface area contributed by atoms with E-state index in [0.29, 0.717) is 12.8 Å². The van der Waals surface area contributed by atoms with Crippen LogP contribution >= 0.6 is 0 Å². The van der Waals surface area contributed by atoms with Crippen LogP contribution in [0.25, 0.3) is 0 Å². The van der Waals surface area contributed by atoms with Gasteiger partial charge in [-0.15, -0.1) is 10.1 Å². The molecule has 0 bridgehead atoms. The van der Waals surface area contributed by atoms with Crippen molar-refractivity contribution in [1.29, 1.82) is 0 Å². The summed E-state index contributed by atoms with van der Waals surface area (Å²) in [6.45, 7) is 7.87. The van der Waals surface area contributed by atoms with Crippen molar-refractivity contribution >= 4 is 5.91 Å². The normalized spacial score (nSPS) is 16.6. The van der Waals surface area contributed by atoms with Gasteiger partial charge in [-0.2, -0.15) is 0 Å². The summed E-state index contributed by atoms with van der Waals surface area (Å²) in [7, 11) is 0. The smallest absolute Gasteiger partial charge is 0.294 e. The van der Waals surface area contributed by atoms with Crippen molar-refractivity contribution in [2.75, 3.05) is 39.3 Å². The quantitative estimate of drug-likeness (QED) is 0.374. The van der Waals surface area contributed by atoms with Crippen molar-refractivity contribution in [2.45, 2.75) is 19.3 Å². The fraction of sp³-hybridized carbons (Fsp3) is 0.818. The van der Waals surface area contributed by atoms with Crippen LogP contribution in [0.15, 0.2) is 0 Å². The van der Waals surface area contributed by atoms with E-state index in [-0.39, 0.29) is 12.5 Å². The predicted octanol–water partition coefficient (Wildman–Crippen LogP) is 0.343. The third kappa shape index (κ3) is 5.31. The van der Waals surface area contributed by atoms with Crippen LogP contribution in [0.2, 0.25) is 0 Å². The summed E-state index contributed by atoms with van der Waals surface area (Å²) < 4.78 is 0. The molecule has 1 heterocycles. The molecule has 0 aromatic carbocycles. The molecular formula is C11H20N3O4. The second kappa shape index (κ2) is 7.86. The maximum atomic E-state index is 11.4. The van der Waals surface area contributed by atoms with Crippen molar-refractivity contribution in [3.63, 3.8) is 0 Å². The van der Waals surface area contributed by atoms with Gasteiger partial charge in [-0.3, -0.25) is 9.69 Å². The summed E-state index contributed by atoms with van der Waals surface area (Å²) in [5.74, 6) is 0.106. The summed E-state index contributed by atoms with van der Waals surface area (Å²) in [6, 6.07) is 0. The topological polar surface area (TPSA) is 75.9 Å². The second-order valence-corrected chi connectivity index (χ2v) is 4.24. The molecule has 1 amide bonds. The van der Waals surface area contributed by atoms with Gasteiger partial charge in [0.15, 0.2) is 0 Å². The minimum Gasteiger partial charge on any atom is -0.340 e. The molecule has 1 rings (SSSR count). The highest BCUT2D eigenvalue weighted by molar-refractivity contribution is 5.76. The van der Waals surface area contributed by atoms with Crippen molar-refractivity contribution in [3.8, 4) is 0 Å². The zero-order chi connectivity index (χ0) is 13.4. The van der Waals surface area contributed by atoms with Crippen molar-refractivity contribution in [3.05, 3.63) is 17.0 Å². The van der Waals surface area contributed by atoms with E-state index in [4.69, 9.17) is 0 Å². The van der Waals surface area contributed by atoms with E-state index in [1.807, 2.05) is 4.90 Å². The van der Waals surface area contributed by atoms with Gasteiger partial charge in [-0.05, 0) is 26.3 Å².